The Labute approximate surface area is 214 Å². The first kappa shape index (κ1) is 24.1. The Morgan fingerprint density at radius 2 is 1.72 bits per heavy atom. The van der Waals surface area contributed by atoms with E-state index in [0.29, 0.717) is 18.3 Å². The summed E-state index contributed by atoms with van der Waals surface area (Å²) in [6.45, 7) is 6.05. The molecule has 0 bridgehead atoms. The van der Waals surface area contributed by atoms with Crippen LogP contribution in [0.1, 0.15) is 13.8 Å². The number of carbonyl (C=O) groups excluding carboxylic acids is 1. The maximum Gasteiger partial charge on any atom is 0.237 e. The fourth-order valence-electron chi connectivity index (χ4n) is 4.49. The van der Waals surface area contributed by atoms with Crippen LogP contribution in [-0.4, -0.2) is 44.2 Å². The van der Waals surface area contributed by atoms with Crippen LogP contribution in [-0.2, 0) is 22.6 Å². The van der Waals surface area contributed by atoms with Gasteiger partial charge >= 0.3 is 0 Å². The molecule has 1 N–H and O–H groups in total. The van der Waals surface area contributed by atoms with Crippen molar-refractivity contribution in [1.29, 1.82) is 0 Å². The zero-order valence-corrected chi connectivity index (χ0v) is 21.5. The van der Waals surface area contributed by atoms with Crippen LogP contribution in [0.4, 0.5) is 5.69 Å². The molecule has 5 rings (SSSR count). The Bertz CT molecular complexity index is 1510. The van der Waals surface area contributed by atoms with E-state index in [-0.39, 0.29) is 11.2 Å². The standard InChI is InChI=1S/C28H29N5O2S/c1-4-32-24-13-9-8-12-22(24)23-18-21(14-15-25(23)32)29-27(34)19(2)36-28-31-30-26(33(28)16-17-35-3)20-10-6-5-7-11-20/h5-15,18-19H,4,16-17H2,1-3H3,(H,29,34)/t19-/m0/s1. The second kappa shape index (κ2) is 10.6. The fraction of sp³-hybridized carbons (Fsp3) is 0.250. The third-order valence-corrected chi connectivity index (χ3v) is 7.36. The number of amides is 1. The molecule has 1 atom stereocenters. The summed E-state index contributed by atoms with van der Waals surface area (Å²) in [5, 5.41) is 14.6. The van der Waals surface area contributed by atoms with Crippen LogP contribution < -0.4 is 5.32 Å². The molecule has 184 valence electrons. The highest BCUT2D eigenvalue weighted by Crippen LogP contribution is 2.32. The molecule has 0 saturated heterocycles. The zero-order chi connectivity index (χ0) is 25.1. The van der Waals surface area contributed by atoms with Gasteiger partial charge in [0.2, 0.25) is 5.91 Å². The number of hydrogen-bond donors (Lipinski definition) is 1. The molecule has 0 aliphatic carbocycles. The van der Waals surface area contributed by atoms with E-state index in [1.807, 2.05) is 47.9 Å². The van der Waals surface area contributed by atoms with E-state index in [1.54, 1.807) is 7.11 Å². The molecule has 0 aliphatic rings. The van der Waals surface area contributed by atoms with E-state index in [2.05, 4.69) is 63.4 Å². The van der Waals surface area contributed by atoms with Crippen molar-refractivity contribution in [2.24, 2.45) is 0 Å². The number of ether oxygens (including phenoxy) is 1. The van der Waals surface area contributed by atoms with Gasteiger partial charge in [0.1, 0.15) is 0 Å². The van der Waals surface area contributed by atoms with E-state index in [9.17, 15) is 4.79 Å². The predicted molar refractivity (Wildman–Crippen MR) is 146 cm³/mol. The van der Waals surface area contributed by atoms with E-state index >= 15 is 0 Å². The van der Waals surface area contributed by atoms with Crippen molar-refractivity contribution >= 4 is 45.2 Å². The molecule has 5 aromatic rings. The molecular weight excluding hydrogens is 470 g/mol. The highest BCUT2D eigenvalue weighted by molar-refractivity contribution is 8.00. The molecule has 7 nitrogen and oxygen atoms in total. The Balaban J connectivity index is 1.37. The number of fused-ring (bicyclic) bond motifs is 3. The number of thioether (sulfide) groups is 1. The average Bonchev–Trinajstić information content (AvgIpc) is 3.45. The Morgan fingerprint density at radius 1 is 0.972 bits per heavy atom. The van der Waals surface area contributed by atoms with Gasteiger partial charge in [-0.3, -0.25) is 9.36 Å². The molecule has 2 aromatic heterocycles. The minimum atomic E-state index is -0.369. The van der Waals surface area contributed by atoms with E-state index in [1.165, 1.54) is 28.2 Å². The lowest BCUT2D eigenvalue weighted by Gasteiger charge is -2.14. The quantitative estimate of drug-likeness (QED) is 0.258. The van der Waals surface area contributed by atoms with Gasteiger partial charge in [-0.1, -0.05) is 60.3 Å². The molecule has 2 heterocycles. The predicted octanol–water partition coefficient (Wildman–Crippen LogP) is 5.84. The largest absolute Gasteiger partial charge is 0.383 e. The van der Waals surface area contributed by atoms with Gasteiger partial charge in [0.25, 0.3) is 0 Å². The molecule has 0 unspecified atom stereocenters. The molecule has 1 amide bonds. The first-order valence-electron chi connectivity index (χ1n) is 12.1. The Kier molecular flexibility index (Phi) is 7.06. The first-order chi connectivity index (χ1) is 17.6. The number of carbonyl (C=O) groups is 1. The van der Waals surface area contributed by atoms with Gasteiger partial charge in [0, 0.05) is 46.7 Å². The number of nitrogens with one attached hydrogen (secondary N) is 1. The summed E-state index contributed by atoms with van der Waals surface area (Å²) in [6, 6.07) is 24.4. The molecule has 0 fully saturated rings. The lowest BCUT2D eigenvalue weighted by atomic mass is 10.1. The van der Waals surface area contributed by atoms with E-state index in [4.69, 9.17) is 4.74 Å². The summed E-state index contributed by atoms with van der Waals surface area (Å²) >= 11 is 1.40. The topological polar surface area (TPSA) is 74.0 Å². The van der Waals surface area contributed by atoms with Crippen LogP contribution in [0.2, 0.25) is 0 Å². The summed E-state index contributed by atoms with van der Waals surface area (Å²) in [4.78, 5) is 13.2. The van der Waals surface area contributed by atoms with Crippen LogP contribution >= 0.6 is 11.8 Å². The molecule has 0 spiro atoms. The third kappa shape index (κ3) is 4.62. The summed E-state index contributed by atoms with van der Waals surface area (Å²) in [5.41, 5.74) is 4.13. The second-order valence-corrected chi connectivity index (χ2v) is 9.87. The molecular formula is C28H29N5O2S. The average molecular weight is 500 g/mol. The number of aromatic nitrogens is 4. The molecule has 0 aliphatic heterocycles. The van der Waals surface area contributed by atoms with Gasteiger partial charge in [-0.05, 0) is 38.1 Å². The summed E-state index contributed by atoms with van der Waals surface area (Å²) in [7, 11) is 1.67. The van der Waals surface area contributed by atoms with Crippen molar-refractivity contribution in [2.45, 2.75) is 37.3 Å². The number of hydrogen-bond acceptors (Lipinski definition) is 5. The number of aryl methyl sites for hydroxylation is 1. The van der Waals surface area contributed by atoms with Crippen LogP contribution in [0.15, 0.2) is 78.0 Å². The third-order valence-electron chi connectivity index (χ3n) is 6.28. The molecule has 0 saturated carbocycles. The van der Waals surface area contributed by atoms with Crippen LogP contribution in [0.5, 0.6) is 0 Å². The van der Waals surface area contributed by atoms with Gasteiger partial charge in [-0.15, -0.1) is 10.2 Å². The van der Waals surface area contributed by atoms with Crippen molar-refractivity contribution in [3.63, 3.8) is 0 Å². The first-order valence-corrected chi connectivity index (χ1v) is 12.9. The summed E-state index contributed by atoms with van der Waals surface area (Å²) < 4.78 is 9.61. The van der Waals surface area contributed by atoms with Crippen molar-refractivity contribution in [2.75, 3.05) is 19.0 Å². The number of nitrogens with zero attached hydrogens (tertiary/aromatic N) is 4. The zero-order valence-electron chi connectivity index (χ0n) is 20.6. The van der Waals surface area contributed by atoms with Gasteiger partial charge in [-0.25, -0.2) is 0 Å². The Morgan fingerprint density at radius 3 is 2.50 bits per heavy atom. The monoisotopic (exact) mass is 499 g/mol. The number of para-hydroxylation sites is 1. The van der Waals surface area contributed by atoms with Crippen molar-refractivity contribution in [1.82, 2.24) is 19.3 Å². The van der Waals surface area contributed by atoms with Gasteiger partial charge in [0.15, 0.2) is 11.0 Å². The van der Waals surface area contributed by atoms with Crippen LogP contribution in [0.3, 0.4) is 0 Å². The molecule has 3 aromatic carbocycles. The van der Waals surface area contributed by atoms with Gasteiger partial charge < -0.3 is 14.6 Å². The number of rotatable bonds is 9. The van der Waals surface area contributed by atoms with Crippen molar-refractivity contribution < 1.29 is 9.53 Å². The normalized spacial score (nSPS) is 12.3. The van der Waals surface area contributed by atoms with Gasteiger partial charge in [0.05, 0.1) is 18.4 Å². The highest BCUT2D eigenvalue weighted by atomic mass is 32.2. The maximum absolute atomic E-state index is 13.2. The van der Waals surface area contributed by atoms with Crippen molar-refractivity contribution in [3.8, 4) is 11.4 Å². The molecule has 36 heavy (non-hydrogen) atoms. The SMILES string of the molecule is CCn1c2ccccc2c2cc(NC(=O)[C@H](C)Sc3nnc(-c4ccccc4)n3CCOC)ccc21. The van der Waals surface area contributed by atoms with Crippen LogP contribution in [0.25, 0.3) is 33.2 Å². The number of benzene rings is 3. The second-order valence-electron chi connectivity index (χ2n) is 8.56. The maximum atomic E-state index is 13.2. The fourth-order valence-corrected chi connectivity index (χ4v) is 5.36. The molecule has 0 radical (unpaired) electrons. The van der Waals surface area contributed by atoms with E-state index < -0.39 is 0 Å². The summed E-state index contributed by atoms with van der Waals surface area (Å²) in [6.07, 6.45) is 0. The molecule has 8 heteroatoms. The van der Waals surface area contributed by atoms with Gasteiger partial charge in [-0.2, -0.15) is 0 Å². The van der Waals surface area contributed by atoms with Crippen LogP contribution in [0, 0.1) is 0 Å². The summed E-state index contributed by atoms with van der Waals surface area (Å²) in [5.74, 6) is 0.682. The minimum absolute atomic E-state index is 0.0823. The highest BCUT2D eigenvalue weighted by Gasteiger charge is 2.21. The lowest BCUT2D eigenvalue weighted by Crippen LogP contribution is -2.23. The minimum Gasteiger partial charge on any atom is -0.383 e. The number of anilines is 1. The smallest absolute Gasteiger partial charge is 0.237 e. The Hall–Kier alpha value is -3.62. The van der Waals surface area contributed by atoms with E-state index in [0.717, 1.165) is 29.0 Å². The van der Waals surface area contributed by atoms with Crippen molar-refractivity contribution in [3.05, 3.63) is 72.8 Å². The number of methoxy groups -OCH3 is 1. The lowest BCUT2D eigenvalue weighted by molar-refractivity contribution is -0.115.